The molecule has 1 N–H and O–H groups in total. The van der Waals surface area contributed by atoms with E-state index in [2.05, 4.69) is 5.32 Å². The van der Waals surface area contributed by atoms with Crippen LogP contribution in [0.3, 0.4) is 0 Å². The summed E-state index contributed by atoms with van der Waals surface area (Å²) in [5.74, 6) is -1.74. The molecule has 11 heteroatoms. The monoisotopic (exact) mass is 579 g/mol. The number of amides is 2. The lowest BCUT2D eigenvalue weighted by molar-refractivity contribution is -0.139. The second-order valence-electron chi connectivity index (χ2n) is 8.50. The number of rotatable bonds is 11. The van der Waals surface area contributed by atoms with Gasteiger partial charge in [-0.2, -0.15) is 0 Å². The zero-order valence-electron chi connectivity index (χ0n) is 20.9. The van der Waals surface area contributed by atoms with Crippen molar-refractivity contribution in [1.82, 2.24) is 10.2 Å². The standard InChI is InChI=1S/C27H28Cl2FN3O4S/c1-3-15-31-27(35)19(2)32(17-20-9-7-8-12-24(20)30)26(34)18-33(25-16-21(28)13-14-23(25)29)38(36,37)22-10-5-4-6-11-22/h4-14,16,19H,3,15,17-18H2,1-2H3,(H,31,35)/t19-/m1/s1. The lowest BCUT2D eigenvalue weighted by atomic mass is 10.1. The zero-order valence-corrected chi connectivity index (χ0v) is 23.2. The highest BCUT2D eigenvalue weighted by molar-refractivity contribution is 7.92. The SMILES string of the molecule is CCCNC(=O)[C@@H](C)N(Cc1ccccc1F)C(=O)CN(c1cc(Cl)ccc1Cl)S(=O)(=O)c1ccccc1. The van der Waals surface area contributed by atoms with Crippen LogP contribution in [-0.2, 0) is 26.2 Å². The summed E-state index contributed by atoms with van der Waals surface area (Å²) in [5, 5.41) is 2.99. The first-order valence-corrected chi connectivity index (χ1v) is 14.1. The molecule has 3 rings (SSSR count). The minimum Gasteiger partial charge on any atom is -0.354 e. The predicted octanol–water partition coefficient (Wildman–Crippen LogP) is 5.27. The zero-order chi connectivity index (χ0) is 27.9. The molecule has 0 aromatic heterocycles. The van der Waals surface area contributed by atoms with E-state index in [4.69, 9.17) is 23.2 Å². The third kappa shape index (κ3) is 7.03. The second kappa shape index (κ2) is 13.1. The molecule has 3 aromatic carbocycles. The Balaban J connectivity index is 2.06. The fourth-order valence-corrected chi connectivity index (χ4v) is 5.58. The van der Waals surface area contributed by atoms with Gasteiger partial charge in [0.05, 0.1) is 15.6 Å². The molecule has 0 heterocycles. The summed E-state index contributed by atoms with van der Waals surface area (Å²) in [7, 11) is -4.29. The number of sulfonamides is 1. The molecule has 0 aliphatic carbocycles. The van der Waals surface area contributed by atoms with Gasteiger partial charge >= 0.3 is 0 Å². The van der Waals surface area contributed by atoms with Gasteiger partial charge in [-0.25, -0.2) is 12.8 Å². The van der Waals surface area contributed by atoms with Crippen LogP contribution in [0.2, 0.25) is 10.0 Å². The van der Waals surface area contributed by atoms with E-state index in [1.54, 1.807) is 24.3 Å². The Morgan fingerprint density at radius 1 is 1.00 bits per heavy atom. The van der Waals surface area contributed by atoms with Crippen molar-refractivity contribution in [2.75, 3.05) is 17.4 Å². The number of benzene rings is 3. The van der Waals surface area contributed by atoms with Gasteiger partial charge in [0.25, 0.3) is 10.0 Å². The van der Waals surface area contributed by atoms with Gasteiger partial charge in [-0.15, -0.1) is 0 Å². The molecule has 0 saturated carbocycles. The number of nitrogens with one attached hydrogen (secondary N) is 1. The first-order valence-electron chi connectivity index (χ1n) is 11.9. The molecule has 0 radical (unpaired) electrons. The summed E-state index contributed by atoms with van der Waals surface area (Å²) in [5.41, 5.74) is 0.166. The Kier molecular flexibility index (Phi) is 10.1. The third-order valence-corrected chi connectivity index (χ3v) is 8.13. The Bertz CT molecular complexity index is 1390. The Labute approximate surface area is 232 Å². The normalized spacial score (nSPS) is 12.0. The molecule has 0 fully saturated rings. The number of anilines is 1. The number of carbonyl (C=O) groups excluding carboxylic acids is 2. The molecule has 38 heavy (non-hydrogen) atoms. The molecule has 1 atom stereocenters. The maximum Gasteiger partial charge on any atom is 0.264 e. The van der Waals surface area contributed by atoms with Crippen molar-refractivity contribution in [1.29, 1.82) is 0 Å². The van der Waals surface area contributed by atoms with Crippen LogP contribution in [0.1, 0.15) is 25.8 Å². The average molecular weight is 581 g/mol. The summed E-state index contributed by atoms with van der Waals surface area (Å²) in [4.78, 5) is 27.7. The van der Waals surface area contributed by atoms with Crippen molar-refractivity contribution in [2.45, 2.75) is 37.8 Å². The van der Waals surface area contributed by atoms with Crippen molar-refractivity contribution >= 4 is 50.7 Å². The molecule has 0 unspecified atom stereocenters. The van der Waals surface area contributed by atoms with Gasteiger partial charge < -0.3 is 10.2 Å². The molecule has 0 aliphatic heterocycles. The van der Waals surface area contributed by atoms with Crippen LogP contribution in [0.5, 0.6) is 0 Å². The Hall–Kier alpha value is -3.14. The molecule has 0 saturated heterocycles. The van der Waals surface area contributed by atoms with Crippen LogP contribution in [0, 0.1) is 5.82 Å². The van der Waals surface area contributed by atoms with Crippen molar-refractivity contribution in [3.05, 3.63) is 94.2 Å². The topological polar surface area (TPSA) is 86.8 Å². The summed E-state index contributed by atoms with van der Waals surface area (Å²) in [6, 6.07) is 16.7. The van der Waals surface area contributed by atoms with Gasteiger partial charge in [-0.3, -0.25) is 13.9 Å². The van der Waals surface area contributed by atoms with Crippen LogP contribution in [0.15, 0.2) is 77.7 Å². The molecule has 0 aliphatic rings. The maximum atomic E-state index is 14.5. The van der Waals surface area contributed by atoms with Crippen LogP contribution in [0.4, 0.5) is 10.1 Å². The fraction of sp³-hybridized carbons (Fsp3) is 0.259. The van der Waals surface area contributed by atoms with Crippen molar-refractivity contribution < 1.29 is 22.4 Å². The van der Waals surface area contributed by atoms with E-state index in [0.29, 0.717) is 13.0 Å². The van der Waals surface area contributed by atoms with Gasteiger partial charge in [-0.05, 0) is 49.7 Å². The van der Waals surface area contributed by atoms with Gasteiger partial charge in [0.2, 0.25) is 11.8 Å². The van der Waals surface area contributed by atoms with Gasteiger partial charge in [0.1, 0.15) is 18.4 Å². The lowest BCUT2D eigenvalue weighted by Crippen LogP contribution is -2.51. The summed E-state index contributed by atoms with van der Waals surface area (Å²) in [6.07, 6.45) is 0.677. The smallest absolute Gasteiger partial charge is 0.264 e. The van der Waals surface area contributed by atoms with E-state index in [-0.39, 0.29) is 32.7 Å². The number of hydrogen-bond acceptors (Lipinski definition) is 4. The van der Waals surface area contributed by atoms with E-state index >= 15 is 0 Å². The van der Waals surface area contributed by atoms with Gasteiger partial charge in [-0.1, -0.05) is 66.5 Å². The summed E-state index contributed by atoms with van der Waals surface area (Å²) >= 11 is 12.5. The maximum absolute atomic E-state index is 14.5. The van der Waals surface area contributed by atoms with E-state index in [1.807, 2.05) is 6.92 Å². The Morgan fingerprint density at radius 2 is 1.66 bits per heavy atom. The van der Waals surface area contributed by atoms with E-state index in [1.165, 1.54) is 55.5 Å². The van der Waals surface area contributed by atoms with Crippen LogP contribution >= 0.6 is 23.2 Å². The van der Waals surface area contributed by atoms with E-state index in [0.717, 1.165) is 9.21 Å². The Morgan fingerprint density at radius 3 is 2.32 bits per heavy atom. The van der Waals surface area contributed by atoms with E-state index < -0.39 is 40.2 Å². The molecule has 202 valence electrons. The van der Waals surface area contributed by atoms with Gasteiger partial charge in [0.15, 0.2) is 0 Å². The van der Waals surface area contributed by atoms with Crippen molar-refractivity contribution in [3.63, 3.8) is 0 Å². The highest BCUT2D eigenvalue weighted by atomic mass is 35.5. The molecular formula is C27H28Cl2FN3O4S. The average Bonchev–Trinajstić information content (AvgIpc) is 2.91. The van der Waals surface area contributed by atoms with Crippen LogP contribution in [0.25, 0.3) is 0 Å². The highest BCUT2D eigenvalue weighted by Crippen LogP contribution is 2.33. The first kappa shape index (κ1) is 29.4. The van der Waals surface area contributed by atoms with Crippen molar-refractivity contribution in [2.24, 2.45) is 0 Å². The first-order chi connectivity index (χ1) is 18.1. The number of halogens is 3. The number of carbonyl (C=O) groups is 2. The lowest BCUT2D eigenvalue weighted by Gasteiger charge is -2.32. The van der Waals surface area contributed by atoms with Crippen LogP contribution < -0.4 is 9.62 Å². The molecule has 2 amide bonds. The fourth-order valence-electron chi connectivity index (χ4n) is 3.70. The van der Waals surface area contributed by atoms with Crippen LogP contribution in [-0.4, -0.2) is 44.3 Å². The molecule has 0 spiro atoms. The van der Waals surface area contributed by atoms with Gasteiger partial charge in [0, 0.05) is 23.7 Å². The molecular weight excluding hydrogens is 552 g/mol. The third-order valence-electron chi connectivity index (χ3n) is 5.80. The molecule has 3 aromatic rings. The molecule has 0 bridgehead atoms. The molecule has 7 nitrogen and oxygen atoms in total. The second-order valence-corrected chi connectivity index (χ2v) is 11.2. The minimum absolute atomic E-state index is 0.00898. The number of nitrogens with zero attached hydrogens (tertiary/aromatic N) is 2. The van der Waals surface area contributed by atoms with E-state index in [9.17, 15) is 22.4 Å². The quantitative estimate of drug-likeness (QED) is 0.335. The summed E-state index contributed by atoms with van der Waals surface area (Å²) in [6.45, 7) is 2.81. The highest BCUT2D eigenvalue weighted by Gasteiger charge is 2.33. The number of hydrogen-bond donors (Lipinski definition) is 1. The van der Waals surface area contributed by atoms with Crippen molar-refractivity contribution in [3.8, 4) is 0 Å². The largest absolute Gasteiger partial charge is 0.354 e. The predicted molar refractivity (Wildman–Crippen MR) is 147 cm³/mol. The minimum atomic E-state index is -4.29. The summed E-state index contributed by atoms with van der Waals surface area (Å²) < 4.78 is 42.8.